The SMILES string of the molecule is C(=Cc1cnccc1N1CCCCC1)c1ccc2ccccc2c1. The van der Waals surface area contributed by atoms with E-state index in [9.17, 15) is 0 Å². The Labute approximate surface area is 143 Å². The molecule has 0 unspecified atom stereocenters. The zero-order valence-electron chi connectivity index (χ0n) is 13.9. The third-order valence-electron chi connectivity index (χ3n) is 4.75. The van der Waals surface area contributed by atoms with E-state index in [4.69, 9.17) is 0 Å². The Kier molecular flexibility index (Phi) is 4.28. The van der Waals surface area contributed by atoms with Gasteiger partial charge in [0.1, 0.15) is 0 Å². The largest absolute Gasteiger partial charge is 0.371 e. The highest BCUT2D eigenvalue weighted by molar-refractivity contribution is 5.86. The molecule has 0 aliphatic carbocycles. The highest BCUT2D eigenvalue weighted by Gasteiger charge is 2.13. The molecule has 2 nitrogen and oxygen atoms in total. The van der Waals surface area contributed by atoms with Crippen molar-refractivity contribution in [2.24, 2.45) is 0 Å². The molecule has 1 aliphatic rings. The lowest BCUT2D eigenvalue weighted by Crippen LogP contribution is -2.29. The predicted molar refractivity (Wildman–Crippen MR) is 103 cm³/mol. The molecule has 120 valence electrons. The van der Waals surface area contributed by atoms with Crippen molar-refractivity contribution < 1.29 is 0 Å². The average Bonchev–Trinajstić information content (AvgIpc) is 2.67. The van der Waals surface area contributed by atoms with E-state index in [1.807, 2.05) is 12.4 Å². The zero-order chi connectivity index (χ0) is 16.2. The van der Waals surface area contributed by atoms with Crippen LogP contribution in [0.25, 0.3) is 22.9 Å². The molecule has 1 aromatic heterocycles. The molecule has 0 N–H and O–H groups in total. The summed E-state index contributed by atoms with van der Waals surface area (Å²) in [7, 11) is 0. The molecule has 0 spiro atoms. The summed E-state index contributed by atoms with van der Waals surface area (Å²) in [4.78, 5) is 6.82. The maximum atomic E-state index is 4.32. The smallest absolute Gasteiger partial charge is 0.0470 e. The monoisotopic (exact) mass is 314 g/mol. The second-order valence-electron chi connectivity index (χ2n) is 6.42. The highest BCUT2D eigenvalue weighted by Crippen LogP contribution is 2.25. The molecule has 0 amide bonds. The van der Waals surface area contributed by atoms with E-state index in [-0.39, 0.29) is 0 Å². The summed E-state index contributed by atoms with van der Waals surface area (Å²) in [6.45, 7) is 2.31. The number of nitrogens with zero attached hydrogens (tertiary/aromatic N) is 2. The lowest BCUT2D eigenvalue weighted by Gasteiger charge is -2.29. The fourth-order valence-corrected chi connectivity index (χ4v) is 3.45. The fourth-order valence-electron chi connectivity index (χ4n) is 3.45. The molecule has 0 radical (unpaired) electrons. The fraction of sp³-hybridized carbons (Fsp3) is 0.227. The minimum Gasteiger partial charge on any atom is -0.371 e. The second kappa shape index (κ2) is 6.88. The molecular weight excluding hydrogens is 292 g/mol. The first kappa shape index (κ1) is 14.9. The maximum absolute atomic E-state index is 4.32. The Morgan fingerprint density at radius 3 is 2.54 bits per heavy atom. The van der Waals surface area contributed by atoms with Crippen LogP contribution in [0.3, 0.4) is 0 Å². The molecule has 24 heavy (non-hydrogen) atoms. The van der Waals surface area contributed by atoms with Crippen LogP contribution in [0.5, 0.6) is 0 Å². The second-order valence-corrected chi connectivity index (χ2v) is 6.42. The van der Waals surface area contributed by atoms with Crippen molar-refractivity contribution in [2.75, 3.05) is 18.0 Å². The van der Waals surface area contributed by atoms with Crippen LogP contribution >= 0.6 is 0 Å². The molecule has 1 saturated heterocycles. The first-order chi connectivity index (χ1) is 11.9. The lowest BCUT2D eigenvalue weighted by atomic mass is 10.1. The van der Waals surface area contributed by atoms with Crippen LogP contribution in [0.2, 0.25) is 0 Å². The van der Waals surface area contributed by atoms with Crippen molar-refractivity contribution in [1.29, 1.82) is 0 Å². The Bertz CT molecular complexity index is 860. The molecule has 0 bridgehead atoms. The molecule has 2 aromatic carbocycles. The number of piperidine rings is 1. The molecule has 0 saturated carbocycles. The van der Waals surface area contributed by atoms with Gasteiger partial charge in [0.15, 0.2) is 0 Å². The highest BCUT2D eigenvalue weighted by atomic mass is 15.1. The number of hydrogen-bond acceptors (Lipinski definition) is 2. The first-order valence-corrected chi connectivity index (χ1v) is 8.76. The third kappa shape index (κ3) is 3.18. The van der Waals surface area contributed by atoms with E-state index >= 15 is 0 Å². The number of fused-ring (bicyclic) bond motifs is 1. The molecule has 3 aromatic rings. The topological polar surface area (TPSA) is 16.1 Å². The van der Waals surface area contributed by atoms with E-state index < -0.39 is 0 Å². The van der Waals surface area contributed by atoms with E-state index in [1.165, 1.54) is 46.8 Å². The van der Waals surface area contributed by atoms with Gasteiger partial charge in [0.2, 0.25) is 0 Å². The summed E-state index contributed by atoms with van der Waals surface area (Å²) in [5.74, 6) is 0. The first-order valence-electron chi connectivity index (χ1n) is 8.76. The summed E-state index contributed by atoms with van der Waals surface area (Å²) < 4.78 is 0. The minimum absolute atomic E-state index is 1.15. The van der Waals surface area contributed by atoms with Gasteiger partial charge < -0.3 is 4.90 Å². The summed E-state index contributed by atoms with van der Waals surface area (Å²) >= 11 is 0. The molecule has 0 atom stereocenters. The van der Waals surface area contributed by atoms with Gasteiger partial charge in [-0.05, 0) is 47.7 Å². The van der Waals surface area contributed by atoms with Crippen LogP contribution in [0.15, 0.2) is 60.9 Å². The molecule has 1 fully saturated rings. The van der Waals surface area contributed by atoms with Crippen LogP contribution in [-0.4, -0.2) is 18.1 Å². The third-order valence-corrected chi connectivity index (χ3v) is 4.75. The number of hydrogen-bond donors (Lipinski definition) is 0. The van der Waals surface area contributed by atoms with Gasteiger partial charge in [-0.15, -0.1) is 0 Å². The van der Waals surface area contributed by atoms with Crippen LogP contribution < -0.4 is 4.90 Å². The zero-order valence-corrected chi connectivity index (χ0v) is 13.9. The van der Waals surface area contributed by atoms with Crippen LogP contribution in [0.1, 0.15) is 30.4 Å². The van der Waals surface area contributed by atoms with Gasteiger partial charge in [-0.25, -0.2) is 0 Å². The van der Waals surface area contributed by atoms with Crippen LogP contribution in [-0.2, 0) is 0 Å². The van der Waals surface area contributed by atoms with Gasteiger partial charge in [-0.3, -0.25) is 4.98 Å². The number of benzene rings is 2. The average molecular weight is 314 g/mol. The minimum atomic E-state index is 1.15. The van der Waals surface area contributed by atoms with Crippen molar-refractivity contribution in [2.45, 2.75) is 19.3 Å². The molecule has 4 rings (SSSR count). The summed E-state index contributed by atoms with van der Waals surface area (Å²) in [5.41, 5.74) is 3.73. The van der Waals surface area contributed by atoms with Gasteiger partial charge >= 0.3 is 0 Å². The van der Waals surface area contributed by atoms with E-state index in [0.717, 1.165) is 13.1 Å². The maximum Gasteiger partial charge on any atom is 0.0470 e. The van der Waals surface area contributed by atoms with Gasteiger partial charge in [0.25, 0.3) is 0 Å². The number of aromatic nitrogens is 1. The van der Waals surface area contributed by atoms with E-state index in [0.29, 0.717) is 0 Å². The van der Waals surface area contributed by atoms with Crippen molar-refractivity contribution in [3.63, 3.8) is 0 Å². The Hall–Kier alpha value is -2.61. The summed E-state index contributed by atoms with van der Waals surface area (Å²) in [5, 5.41) is 2.56. The standard InChI is InChI=1S/C22H22N2/c1-4-14-24(15-5-1)22-12-13-23-17-21(22)11-9-18-8-10-19-6-2-3-7-20(19)16-18/h2-3,6-13,16-17H,1,4-5,14-15H2. The summed E-state index contributed by atoms with van der Waals surface area (Å²) in [6, 6.07) is 17.2. The Morgan fingerprint density at radius 2 is 1.67 bits per heavy atom. The van der Waals surface area contributed by atoms with Crippen LogP contribution in [0, 0.1) is 0 Å². The quantitative estimate of drug-likeness (QED) is 0.644. The van der Waals surface area contributed by atoms with Gasteiger partial charge in [-0.1, -0.05) is 48.6 Å². The van der Waals surface area contributed by atoms with E-state index in [1.54, 1.807) is 0 Å². The summed E-state index contributed by atoms with van der Waals surface area (Å²) in [6.07, 6.45) is 12.2. The molecule has 1 aliphatic heterocycles. The number of anilines is 1. The number of rotatable bonds is 3. The molecular formula is C22H22N2. The normalized spacial score (nSPS) is 15.2. The van der Waals surface area contributed by atoms with E-state index in [2.05, 4.69) is 70.6 Å². The van der Waals surface area contributed by atoms with Gasteiger partial charge in [-0.2, -0.15) is 0 Å². The van der Waals surface area contributed by atoms with Crippen molar-refractivity contribution >= 4 is 28.6 Å². The predicted octanol–water partition coefficient (Wildman–Crippen LogP) is 5.40. The Morgan fingerprint density at radius 1 is 0.833 bits per heavy atom. The van der Waals surface area contributed by atoms with Crippen LogP contribution in [0.4, 0.5) is 5.69 Å². The van der Waals surface area contributed by atoms with Gasteiger partial charge in [0.05, 0.1) is 0 Å². The number of pyridine rings is 1. The molecule has 2 heterocycles. The Balaban J connectivity index is 1.63. The van der Waals surface area contributed by atoms with Gasteiger partial charge in [0, 0.05) is 36.7 Å². The molecule has 2 heteroatoms. The van der Waals surface area contributed by atoms with Crippen molar-refractivity contribution in [3.05, 3.63) is 72.1 Å². The van der Waals surface area contributed by atoms with Crippen molar-refractivity contribution in [3.8, 4) is 0 Å². The van der Waals surface area contributed by atoms with Crippen molar-refractivity contribution in [1.82, 2.24) is 4.98 Å². The lowest BCUT2D eigenvalue weighted by molar-refractivity contribution is 0.577.